The Morgan fingerprint density at radius 1 is 0.970 bits per heavy atom. The van der Waals surface area contributed by atoms with Crippen molar-refractivity contribution < 1.29 is 14.2 Å². The standard InChI is InChI=1S/C24H29ClN4O3S/c1-28-7-9-29(10-8-28)11-12-31-19-15-21-23(22(16-19)32-14-13-30-2)24(27-17-26-21)33-20-5-3-18(25)4-6-20/h3-6,15-17H,7-14H2,1-2H3. The van der Waals surface area contributed by atoms with Gasteiger partial charge in [-0.3, -0.25) is 4.90 Å². The molecule has 1 aliphatic rings. The average molecular weight is 489 g/mol. The summed E-state index contributed by atoms with van der Waals surface area (Å²) in [6.07, 6.45) is 1.58. The van der Waals surface area contributed by atoms with Crippen LogP contribution in [0.1, 0.15) is 0 Å². The Labute approximate surface area is 204 Å². The van der Waals surface area contributed by atoms with Crippen LogP contribution in [0.25, 0.3) is 10.9 Å². The molecule has 7 nitrogen and oxygen atoms in total. The van der Waals surface area contributed by atoms with Crippen LogP contribution in [0.2, 0.25) is 5.02 Å². The predicted molar refractivity (Wildman–Crippen MR) is 132 cm³/mol. The summed E-state index contributed by atoms with van der Waals surface area (Å²) >= 11 is 7.58. The summed E-state index contributed by atoms with van der Waals surface area (Å²) in [5.41, 5.74) is 0.783. The van der Waals surface area contributed by atoms with Crippen molar-refractivity contribution in [3.05, 3.63) is 47.7 Å². The quantitative estimate of drug-likeness (QED) is 0.312. The minimum Gasteiger partial charge on any atom is -0.492 e. The molecule has 2 heterocycles. The predicted octanol–water partition coefficient (Wildman–Crippen LogP) is 4.09. The van der Waals surface area contributed by atoms with Gasteiger partial charge >= 0.3 is 0 Å². The van der Waals surface area contributed by atoms with Crippen molar-refractivity contribution >= 4 is 34.3 Å². The molecular weight excluding hydrogens is 460 g/mol. The Kier molecular flexibility index (Phi) is 8.63. The minimum absolute atomic E-state index is 0.427. The van der Waals surface area contributed by atoms with E-state index >= 15 is 0 Å². The number of ether oxygens (including phenoxy) is 3. The van der Waals surface area contributed by atoms with E-state index in [0.717, 1.165) is 59.3 Å². The first-order valence-corrected chi connectivity index (χ1v) is 12.2. The fourth-order valence-electron chi connectivity index (χ4n) is 3.59. The van der Waals surface area contributed by atoms with E-state index in [2.05, 4.69) is 26.8 Å². The van der Waals surface area contributed by atoms with Crippen molar-refractivity contribution in [1.29, 1.82) is 0 Å². The molecule has 176 valence electrons. The van der Waals surface area contributed by atoms with Crippen LogP contribution in [0.3, 0.4) is 0 Å². The highest BCUT2D eigenvalue weighted by Gasteiger charge is 2.16. The van der Waals surface area contributed by atoms with Crippen molar-refractivity contribution in [3.8, 4) is 11.5 Å². The lowest BCUT2D eigenvalue weighted by Gasteiger charge is -2.32. The summed E-state index contributed by atoms with van der Waals surface area (Å²) < 4.78 is 17.4. The largest absolute Gasteiger partial charge is 0.492 e. The Bertz CT molecular complexity index is 1050. The molecule has 0 atom stereocenters. The maximum Gasteiger partial charge on any atom is 0.135 e. The molecule has 1 aliphatic heterocycles. The first-order valence-electron chi connectivity index (χ1n) is 11.0. The molecule has 0 bridgehead atoms. The molecule has 0 amide bonds. The van der Waals surface area contributed by atoms with E-state index in [1.165, 1.54) is 0 Å². The zero-order valence-electron chi connectivity index (χ0n) is 19.0. The van der Waals surface area contributed by atoms with Gasteiger partial charge in [0, 0.05) is 61.9 Å². The van der Waals surface area contributed by atoms with Gasteiger partial charge < -0.3 is 19.1 Å². The number of methoxy groups -OCH3 is 1. The second kappa shape index (κ2) is 11.9. The average Bonchev–Trinajstić information content (AvgIpc) is 2.82. The van der Waals surface area contributed by atoms with E-state index in [4.69, 9.17) is 25.8 Å². The Balaban J connectivity index is 1.54. The number of nitrogens with zero attached hydrogens (tertiary/aromatic N) is 4. The van der Waals surface area contributed by atoms with E-state index in [9.17, 15) is 0 Å². The number of fused-ring (bicyclic) bond motifs is 1. The summed E-state index contributed by atoms with van der Waals surface area (Å²) in [5, 5.41) is 2.38. The van der Waals surface area contributed by atoms with Crippen LogP contribution < -0.4 is 9.47 Å². The van der Waals surface area contributed by atoms with Gasteiger partial charge in [-0.25, -0.2) is 9.97 Å². The van der Waals surface area contributed by atoms with Gasteiger partial charge in [0.15, 0.2) is 0 Å². The third-order valence-corrected chi connectivity index (χ3v) is 6.75. The molecule has 33 heavy (non-hydrogen) atoms. The van der Waals surface area contributed by atoms with E-state index < -0.39 is 0 Å². The second-order valence-electron chi connectivity index (χ2n) is 7.88. The molecular formula is C24H29ClN4O3S. The second-order valence-corrected chi connectivity index (χ2v) is 9.38. The van der Waals surface area contributed by atoms with E-state index in [0.29, 0.717) is 30.6 Å². The number of hydrogen-bond donors (Lipinski definition) is 0. The van der Waals surface area contributed by atoms with Crippen molar-refractivity contribution in [1.82, 2.24) is 19.8 Å². The summed E-state index contributed by atoms with van der Waals surface area (Å²) in [5.74, 6) is 1.43. The van der Waals surface area contributed by atoms with Crippen molar-refractivity contribution in [2.24, 2.45) is 0 Å². The van der Waals surface area contributed by atoms with Gasteiger partial charge in [0.1, 0.15) is 36.1 Å². The lowest BCUT2D eigenvalue weighted by molar-refractivity contribution is 0.133. The van der Waals surface area contributed by atoms with Gasteiger partial charge in [0.25, 0.3) is 0 Å². The molecule has 0 radical (unpaired) electrons. The molecule has 9 heteroatoms. The highest BCUT2D eigenvalue weighted by Crippen LogP contribution is 2.38. The maximum absolute atomic E-state index is 6.11. The van der Waals surface area contributed by atoms with Crippen LogP contribution in [0.4, 0.5) is 0 Å². The van der Waals surface area contributed by atoms with Crippen molar-refractivity contribution in [2.75, 3.05) is 66.7 Å². The monoisotopic (exact) mass is 488 g/mol. The number of hydrogen-bond acceptors (Lipinski definition) is 8. The number of halogens is 1. The third kappa shape index (κ3) is 6.71. The molecule has 0 N–H and O–H groups in total. The first-order chi connectivity index (χ1) is 16.1. The number of rotatable bonds is 10. The van der Waals surface area contributed by atoms with Crippen LogP contribution >= 0.6 is 23.4 Å². The third-order valence-electron chi connectivity index (χ3n) is 5.49. The highest BCUT2D eigenvalue weighted by atomic mass is 35.5. The van der Waals surface area contributed by atoms with Crippen LogP contribution in [0.5, 0.6) is 11.5 Å². The van der Waals surface area contributed by atoms with Gasteiger partial charge in [-0.15, -0.1) is 0 Å². The minimum atomic E-state index is 0.427. The fraction of sp³-hybridized carbons (Fsp3) is 0.417. The fourth-order valence-corrected chi connectivity index (χ4v) is 4.62. The number of benzene rings is 2. The van der Waals surface area contributed by atoms with Crippen LogP contribution in [0, 0.1) is 0 Å². The molecule has 1 aromatic heterocycles. The van der Waals surface area contributed by atoms with Gasteiger partial charge in [0.05, 0.1) is 17.5 Å². The molecule has 1 saturated heterocycles. The van der Waals surface area contributed by atoms with E-state index in [-0.39, 0.29) is 0 Å². The van der Waals surface area contributed by atoms with Crippen LogP contribution in [0.15, 0.2) is 52.6 Å². The highest BCUT2D eigenvalue weighted by molar-refractivity contribution is 7.99. The topological polar surface area (TPSA) is 60.0 Å². The Hall–Kier alpha value is -2.10. The summed E-state index contributed by atoms with van der Waals surface area (Å²) in [7, 11) is 3.82. The summed E-state index contributed by atoms with van der Waals surface area (Å²) in [4.78, 5) is 14.8. The van der Waals surface area contributed by atoms with Crippen LogP contribution in [-0.4, -0.2) is 86.5 Å². The van der Waals surface area contributed by atoms with Crippen LogP contribution in [-0.2, 0) is 4.74 Å². The molecule has 0 spiro atoms. The molecule has 3 aromatic rings. The number of piperazine rings is 1. The van der Waals surface area contributed by atoms with E-state index in [1.807, 2.05) is 36.4 Å². The van der Waals surface area contributed by atoms with Gasteiger partial charge in [-0.2, -0.15) is 0 Å². The molecule has 0 aliphatic carbocycles. The van der Waals surface area contributed by atoms with E-state index in [1.54, 1.807) is 25.2 Å². The zero-order chi connectivity index (χ0) is 23.0. The Morgan fingerprint density at radius 3 is 2.52 bits per heavy atom. The Morgan fingerprint density at radius 2 is 1.76 bits per heavy atom. The van der Waals surface area contributed by atoms with Gasteiger partial charge in [-0.1, -0.05) is 23.4 Å². The first kappa shape index (κ1) is 24.0. The van der Waals surface area contributed by atoms with Crippen molar-refractivity contribution in [2.45, 2.75) is 9.92 Å². The summed E-state index contributed by atoms with van der Waals surface area (Å²) in [6.45, 7) is 6.76. The van der Waals surface area contributed by atoms with Gasteiger partial charge in [-0.05, 0) is 31.3 Å². The van der Waals surface area contributed by atoms with Gasteiger partial charge in [0.2, 0.25) is 0 Å². The number of aromatic nitrogens is 2. The smallest absolute Gasteiger partial charge is 0.135 e. The molecule has 0 saturated carbocycles. The number of likely N-dealkylation sites (N-methyl/N-ethyl adjacent to an activating group) is 1. The van der Waals surface area contributed by atoms with Crippen molar-refractivity contribution in [3.63, 3.8) is 0 Å². The maximum atomic E-state index is 6.11. The summed E-state index contributed by atoms with van der Waals surface area (Å²) in [6, 6.07) is 11.6. The lowest BCUT2D eigenvalue weighted by atomic mass is 10.2. The molecule has 2 aromatic carbocycles. The molecule has 1 fully saturated rings. The molecule has 0 unspecified atom stereocenters. The normalized spacial score (nSPS) is 15.1. The SMILES string of the molecule is COCCOc1cc(OCCN2CCN(C)CC2)cc2ncnc(Sc3ccc(Cl)cc3)c12. The molecule has 4 rings (SSSR count). The zero-order valence-corrected chi connectivity index (χ0v) is 20.6. The lowest BCUT2D eigenvalue weighted by Crippen LogP contribution is -2.45.